The Bertz CT molecular complexity index is 624. The molecule has 2 aliphatic rings. The molecule has 1 aromatic rings. The van der Waals surface area contributed by atoms with Gasteiger partial charge in [0.25, 0.3) is 0 Å². The molecule has 0 aromatic heterocycles. The molecular formula is C19H26O3. The SMILES string of the molecule is CC(C)(O)c1ccc2c(c1)C(=O)CC1C(C)(O)CCCC21C. The highest BCUT2D eigenvalue weighted by Gasteiger charge is 2.53. The zero-order valence-corrected chi connectivity index (χ0v) is 13.9. The fourth-order valence-corrected chi connectivity index (χ4v) is 4.56. The number of benzene rings is 1. The van der Waals surface area contributed by atoms with Crippen LogP contribution in [0.25, 0.3) is 0 Å². The molecule has 1 fully saturated rings. The summed E-state index contributed by atoms with van der Waals surface area (Å²) in [6, 6.07) is 5.76. The molecule has 120 valence electrons. The van der Waals surface area contributed by atoms with Crippen LogP contribution in [0.4, 0.5) is 0 Å². The summed E-state index contributed by atoms with van der Waals surface area (Å²) >= 11 is 0. The van der Waals surface area contributed by atoms with Crippen LogP contribution in [0, 0.1) is 5.92 Å². The van der Waals surface area contributed by atoms with Gasteiger partial charge in [-0.05, 0) is 62.6 Å². The number of aliphatic hydroxyl groups is 2. The van der Waals surface area contributed by atoms with Crippen molar-refractivity contribution in [1.29, 1.82) is 0 Å². The topological polar surface area (TPSA) is 57.5 Å². The predicted octanol–water partition coefficient (Wildman–Crippen LogP) is 3.31. The molecule has 0 saturated heterocycles. The number of rotatable bonds is 1. The first-order valence-corrected chi connectivity index (χ1v) is 8.19. The smallest absolute Gasteiger partial charge is 0.163 e. The lowest BCUT2D eigenvalue weighted by atomic mass is 9.53. The molecule has 0 amide bonds. The molecule has 3 heteroatoms. The van der Waals surface area contributed by atoms with Gasteiger partial charge in [0, 0.05) is 17.9 Å². The molecule has 0 bridgehead atoms. The second-order valence-corrected chi connectivity index (χ2v) is 8.13. The van der Waals surface area contributed by atoms with E-state index >= 15 is 0 Å². The Labute approximate surface area is 132 Å². The quantitative estimate of drug-likeness (QED) is 0.837. The van der Waals surface area contributed by atoms with Gasteiger partial charge in [-0.3, -0.25) is 4.79 Å². The van der Waals surface area contributed by atoms with Crippen molar-refractivity contribution in [2.24, 2.45) is 5.92 Å². The van der Waals surface area contributed by atoms with Gasteiger partial charge in [-0.1, -0.05) is 19.1 Å². The van der Waals surface area contributed by atoms with E-state index in [-0.39, 0.29) is 17.1 Å². The van der Waals surface area contributed by atoms with Gasteiger partial charge in [0.15, 0.2) is 5.78 Å². The van der Waals surface area contributed by atoms with E-state index in [2.05, 4.69) is 6.92 Å². The van der Waals surface area contributed by atoms with Gasteiger partial charge < -0.3 is 10.2 Å². The van der Waals surface area contributed by atoms with E-state index in [9.17, 15) is 15.0 Å². The average molecular weight is 302 g/mol. The van der Waals surface area contributed by atoms with Crippen LogP contribution in [0.3, 0.4) is 0 Å². The lowest BCUT2D eigenvalue weighted by molar-refractivity contribution is -0.0703. The number of hydrogen-bond donors (Lipinski definition) is 2. The zero-order valence-electron chi connectivity index (χ0n) is 13.9. The lowest BCUT2D eigenvalue weighted by Gasteiger charge is -2.52. The Hall–Kier alpha value is -1.19. The molecule has 0 radical (unpaired) electrons. The highest BCUT2D eigenvalue weighted by Crippen LogP contribution is 2.53. The molecule has 3 rings (SSSR count). The Morgan fingerprint density at radius 2 is 1.91 bits per heavy atom. The van der Waals surface area contributed by atoms with Crippen molar-refractivity contribution in [3.8, 4) is 0 Å². The molecule has 0 heterocycles. The molecule has 0 aliphatic heterocycles. The number of hydrogen-bond acceptors (Lipinski definition) is 3. The summed E-state index contributed by atoms with van der Waals surface area (Å²) in [4.78, 5) is 12.7. The van der Waals surface area contributed by atoms with Crippen LogP contribution in [0.1, 0.15) is 74.9 Å². The van der Waals surface area contributed by atoms with Crippen molar-refractivity contribution in [1.82, 2.24) is 0 Å². The third-order valence-electron chi connectivity index (χ3n) is 5.93. The standard InChI is InChI=1S/C19H26O3/c1-17(2,21)12-6-7-14-13(10-12)15(20)11-16-18(14,3)8-5-9-19(16,4)22/h6-7,10,16,21-22H,5,8-9,11H2,1-4H3. The van der Waals surface area contributed by atoms with Crippen LogP contribution in [0.2, 0.25) is 0 Å². The maximum absolute atomic E-state index is 12.7. The van der Waals surface area contributed by atoms with E-state index < -0.39 is 11.2 Å². The summed E-state index contributed by atoms with van der Waals surface area (Å²) in [6.45, 7) is 7.52. The number of carbonyl (C=O) groups is 1. The first kappa shape index (κ1) is 15.7. The fraction of sp³-hybridized carbons (Fsp3) is 0.632. The van der Waals surface area contributed by atoms with E-state index in [0.29, 0.717) is 6.42 Å². The lowest BCUT2D eigenvalue weighted by Crippen LogP contribution is -2.54. The molecule has 3 nitrogen and oxygen atoms in total. The largest absolute Gasteiger partial charge is 0.390 e. The molecule has 1 saturated carbocycles. The summed E-state index contributed by atoms with van der Waals surface area (Å²) < 4.78 is 0. The highest BCUT2D eigenvalue weighted by atomic mass is 16.3. The molecule has 2 N–H and O–H groups in total. The molecule has 3 atom stereocenters. The minimum atomic E-state index is -0.953. The van der Waals surface area contributed by atoms with Crippen molar-refractivity contribution >= 4 is 5.78 Å². The second-order valence-electron chi connectivity index (χ2n) is 8.13. The molecule has 3 unspecified atom stereocenters. The van der Waals surface area contributed by atoms with Crippen LogP contribution in [0.5, 0.6) is 0 Å². The normalized spacial score (nSPS) is 35.0. The third-order valence-corrected chi connectivity index (χ3v) is 5.93. The van der Waals surface area contributed by atoms with Crippen molar-refractivity contribution in [3.05, 3.63) is 34.9 Å². The minimum Gasteiger partial charge on any atom is -0.390 e. The Morgan fingerprint density at radius 3 is 2.55 bits per heavy atom. The van der Waals surface area contributed by atoms with Gasteiger partial charge in [-0.15, -0.1) is 0 Å². The van der Waals surface area contributed by atoms with E-state index in [0.717, 1.165) is 36.0 Å². The maximum Gasteiger partial charge on any atom is 0.163 e. The van der Waals surface area contributed by atoms with E-state index in [1.807, 2.05) is 25.1 Å². The molecule has 2 aliphatic carbocycles. The van der Waals surface area contributed by atoms with Gasteiger partial charge in [0.2, 0.25) is 0 Å². The molecule has 0 spiro atoms. The van der Waals surface area contributed by atoms with E-state index in [1.165, 1.54) is 0 Å². The fourth-order valence-electron chi connectivity index (χ4n) is 4.56. The Morgan fingerprint density at radius 1 is 1.23 bits per heavy atom. The minimum absolute atomic E-state index is 0.0262. The van der Waals surface area contributed by atoms with Crippen LogP contribution in [-0.4, -0.2) is 21.6 Å². The number of carbonyl (C=O) groups excluding carboxylic acids is 1. The van der Waals surface area contributed by atoms with Crippen molar-refractivity contribution in [2.45, 2.75) is 70.0 Å². The van der Waals surface area contributed by atoms with Crippen molar-refractivity contribution in [3.63, 3.8) is 0 Å². The van der Waals surface area contributed by atoms with Gasteiger partial charge in [0.1, 0.15) is 0 Å². The van der Waals surface area contributed by atoms with Crippen LogP contribution in [0.15, 0.2) is 18.2 Å². The van der Waals surface area contributed by atoms with Gasteiger partial charge >= 0.3 is 0 Å². The summed E-state index contributed by atoms with van der Waals surface area (Å²) in [5.41, 5.74) is 0.644. The van der Waals surface area contributed by atoms with E-state index in [4.69, 9.17) is 0 Å². The monoisotopic (exact) mass is 302 g/mol. The third kappa shape index (κ3) is 2.22. The van der Waals surface area contributed by atoms with Gasteiger partial charge in [-0.2, -0.15) is 0 Å². The maximum atomic E-state index is 12.7. The molecular weight excluding hydrogens is 276 g/mol. The predicted molar refractivity (Wildman–Crippen MR) is 86.0 cm³/mol. The average Bonchev–Trinajstić information content (AvgIpc) is 2.40. The first-order chi connectivity index (χ1) is 10.1. The summed E-state index contributed by atoms with van der Waals surface area (Å²) in [7, 11) is 0. The highest BCUT2D eigenvalue weighted by molar-refractivity contribution is 5.99. The first-order valence-electron chi connectivity index (χ1n) is 8.19. The van der Waals surface area contributed by atoms with Gasteiger partial charge in [-0.25, -0.2) is 0 Å². The van der Waals surface area contributed by atoms with E-state index in [1.54, 1.807) is 13.8 Å². The number of ketones is 1. The second kappa shape index (κ2) is 4.65. The summed E-state index contributed by atoms with van der Waals surface area (Å²) in [5.74, 6) is 0.0625. The van der Waals surface area contributed by atoms with Crippen LogP contribution in [-0.2, 0) is 11.0 Å². The van der Waals surface area contributed by atoms with Crippen LogP contribution >= 0.6 is 0 Å². The number of fused-ring (bicyclic) bond motifs is 3. The zero-order chi connectivity index (χ0) is 16.3. The summed E-state index contributed by atoms with van der Waals surface area (Å²) in [5, 5.41) is 21.0. The number of Topliss-reactive ketones (excluding diaryl/α,β-unsaturated/α-hetero) is 1. The summed E-state index contributed by atoms with van der Waals surface area (Å²) in [6.07, 6.45) is 3.13. The Kier molecular flexibility index (Phi) is 3.32. The van der Waals surface area contributed by atoms with Gasteiger partial charge in [0.05, 0.1) is 11.2 Å². The van der Waals surface area contributed by atoms with Crippen molar-refractivity contribution < 1.29 is 15.0 Å². The molecule has 22 heavy (non-hydrogen) atoms. The van der Waals surface area contributed by atoms with Crippen molar-refractivity contribution in [2.75, 3.05) is 0 Å². The Balaban J connectivity index is 2.15. The van der Waals surface area contributed by atoms with Crippen LogP contribution < -0.4 is 0 Å². The molecule has 1 aromatic carbocycles.